The first-order valence-corrected chi connectivity index (χ1v) is 10.6. The zero-order valence-corrected chi connectivity index (χ0v) is 16.3. The highest BCUT2D eigenvalue weighted by Crippen LogP contribution is 2.40. The Morgan fingerprint density at radius 1 is 1.36 bits per heavy atom. The van der Waals surface area contributed by atoms with Gasteiger partial charge >= 0.3 is 12.1 Å². The number of hydrogen-bond donors (Lipinski definition) is 1. The van der Waals surface area contributed by atoms with Crippen LogP contribution < -0.4 is 4.72 Å². The number of ether oxygens (including phenoxy) is 1. The summed E-state index contributed by atoms with van der Waals surface area (Å²) in [6.45, 7) is 1.86. The lowest BCUT2D eigenvalue weighted by molar-refractivity contribution is -0.160. The van der Waals surface area contributed by atoms with Crippen LogP contribution in [0.15, 0.2) is 23.1 Å². The van der Waals surface area contributed by atoms with Crippen molar-refractivity contribution in [3.8, 4) is 0 Å². The zero-order chi connectivity index (χ0) is 21.0. The largest absolute Gasteiger partial charge is 0.466 e. The number of allylic oxidation sites excluding steroid dienone is 3. The molecule has 2 aliphatic rings. The summed E-state index contributed by atoms with van der Waals surface area (Å²) < 4.78 is 70.6. The van der Waals surface area contributed by atoms with Crippen molar-refractivity contribution in [2.45, 2.75) is 57.7 Å². The van der Waals surface area contributed by atoms with E-state index in [9.17, 15) is 31.2 Å². The van der Waals surface area contributed by atoms with Crippen LogP contribution >= 0.6 is 0 Å². The highest BCUT2D eigenvalue weighted by atomic mass is 32.2. The second-order valence-corrected chi connectivity index (χ2v) is 8.83. The Morgan fingerprint density at radius 3 is 2.46 bits per heavy atom. The van der Waals surface area contributed by atoms with E-state index in [2.05, 4.69) is 4.72 Å². The second kappa shape index (κ2) is 8.77. The minimum absolute atomic E-state index is 0.0119. The van der Waals surface area contributed by atoms with Crippen molar-refractivity contribution in [1.82, 2.24) is 4.72 Å². The van der Waals surface area contributed by atoms with Gasteiger partial charge in [-0.05, 0) is 45.1 Å². The van der Waals surface area contributed by atoms with Gasteiger partial charge in [0, 0.05) is 12.5 Å². The van der Waals surface area contributed by atoms with Gasteiger partial charge in [0.05, 0.1) is 22.8 Å². The average Bonchev–Trinajstić information content (AvgIpc) is 2.63. The third-order valence-corrected chi connectivity index (χ3v) is 6.81. The summed E-state index contributed by atoms with van der Waals surface area (Å²) in [5.41, 5.74) is -0.941. The lowest BCUT2D eigenvalue weighted by Gasteiger charge is -2.37. The van der Waals surface area contributed by atoms with Crippen LogP contribution in [0.25, 0.3) is 0 Å². The number of aldehydes is 1. The van der Waals surface area contributed by atoms with Crippen LogP contribution in [0.3, 0.4) is 0 Å². The average molecular weight is 423 g/mol. The predicted octanol–water partition coefficient (Wildman–Crippen LogP) is 3.01. The topological polar surface area (TPSA) is 89.5 Å². The van der Waals surface area contributed by atoms with Crippen LogP contribution in [0.4, 0.5) is 13.2 Å². The van der Waals surface area contributed by atoms with E-state index in [1.54, 1.807) is 6.92 Å². The molecule has 1 fully saturated rings. The maximum absolute atomic E-state index is 12.7. The van der Waals surface area contributed by atoms with Crippen molar-refractivity contribution in [2.24, 2.45) is 11.3 Å². The molecule has 0 aromatic carbocycles. The van der Waals surface area contributed by atoms with Gasteiger partial charge in [0.25, 0.3) is 0 Å². The number of hydrogen-bond acceptors (Lipinski definition) is 5. The number of carbonyl (C=O) groups excluding carboxylic acids is 2. The van der Waals surface area contributed by atoms with Crippen molar-refractivity contribution in [3.05, 3.63) is 23.1 Å². The lowest BCUT2D eigenvalue weighted by Crippen LogP contribution is -2.44. The molecule has 1 unspecified atom stereocenters. The van der Waals surface area contributed by atoms with E-state index in [0.29, 0.717) is 32.0 Å². The van der Waals surface area contributed by atoms with Crippen molar-refractivity contribution < 1.29 is 35.9 Å². The highest BCUT2D eigenvalue weighted by molar-refractivity contribution is 7.93. The highest BCUT2D eigenvalue weighted by Gasteiger charge is 2.44. The minimum Gasteiger partial charge on any atom is -0.466 e. The van der Waals surface area contributed by atoms with Crippen molar-refractivity contribution in [1.29, 1.82) is 0 Å². The first-order chi connectivity index (χ1) is 13.0. The summed E-state index contributed by atoms with van der Waals surface area (Å²) in [6.07, 6.45) is -0.0197. The van der Waals surface area contributed by atoms with E-state index < -0.39 is 46.0 Å². The molecule has 0 aliphatic heterocycles. The van der Waals surface area contributed by atoms with Crippen LogP contribution in [0, 0.1) is 11.3 Å². The first kappa shape index (κ1) is 22.6. The van der Waals surface area contributed by atoms with Crippen molar-refractivity contribution >= 4 is 22.3 Å². The number of carbonyl (C=O) groups is 2. The molecule has 28 heavy (non-hydrogen) atoms. The Morgan fingerprint density at radius 2 is 2.00 bits per heavy atom. The Bertz CT molecular complexity index is 750. The minimum atomic E-state index is -4.41. The molecule has 0 spiro atoms. The summed E-state index contributed by atoms with van der Waals surface area (Å²) >= 11 is 0. The Labute approximate surface area is 162 Å². The molecular formula is C18H24F3NO5S. The van der Waals surface area contributed by atoms with Gasteiger partial charge < -0.3 is 9.53 Å². The van der Waals surface area contributed by atoms with E-state index in [-0.39, 0.29) is 17.9 Å². The molecule has 0 heterocycles. The van der Waals surface area contributed by atoms with E-state index in [4.69, 9.17) is 4.74 Å². The van der Waals surface area contributed by atoms with Gasteiger partial charge in [-0.15, -0.1) is 0 Å². The van der Waals surface area contributed by atoms with Gasteiger partial charge in [0.15, 0.2) is 0 Å². The third-order valence-electron chi connectivity index (χ3n) is 5.24. The molecule has 0 amide bonds. The van der Waals surface area contributed by atoms with Crippen molar-refractivity contribution in [2.75, 3.05) is 6.61 Å². The number of nitrogens with one attached hydrogen (secondary N) is 1. The van der Waals surface area contributed by atoms with E-state index >= 15 is 0 Å². The van der Waals surface area contributed by atoms with Crippen molar-refractivity contribution in [3.63, 3.8) is 0 Å². The Kier molecular flexibility index (Phi) is 7.08. The fourth-order valence-electron chi connectivity index (χ4n) is 3.55. The van der Waals surface area contributed by atoms with Crippen LogP contribution in [0.5, 0.6) is 0 Å². The molecule has 0 radical (unpaired) electrons. The molecule has 1 saturated carbocycles. The fourth-order valence-corrected chi connectivity index (χ4v) is 4.94. The molecule has 0 saturated heterocycles. The fraction of sp³-hybridized carbons (Fsp3) is 0.667. The lowest BCUT2D eigenvalue weighted by atomic mass is 9.71. The molecule has 0 aromatic heterocycles. The smallest absolute Gasteiger partial charge is 0.395 e. The Hall–Kier alpha value is -1.68. The molecule has 158 valence electrons. The van der Waals surface area contributed by atoms with Crippen LogP contribution in [-0.4, -0.2) is 39.5 Å². The summed E-state index contributed by atoms with van der Waals surface area (Å²) in [5.74, 6) is -2.14. The Balaban J connectivity index is 2.00. The quantitative estimate of drug-likeness (QED) is 0.502. The van der Waals surface area contributed by atoms with Gasteiger partial charge in [-0.25, -0.2) is 13.1 Å². The van der Waals surface area contributed by atoms with Gasteiger partial charge in [0.2, 0.25) is 10.0 Å². The number of halogens is 3. The van der Waals surface area contributed by atoms with Crippen LogP contribution in [0.2, 0.25) is 0 Å². The molecule has 1 atom stereocenters. The van der Waals surface area contributed by atoms with Crippen LogP contribution in [-0.2, 0) is 24.3 Å². The van der Waals surface area contributed by atoms with Gasteiger partial charge in [0.1, 0.15) is 6.29 Å². The molecule has 6 nitrogen and oxygen atoms in total. The van der Waals surface area contributed by atoms with Gasteiger partial charge in [-0.2, -0.15) is 13.2 Å². The van der Waals surface area contributed by atoms with Gasteiger partial charge in [-0.1, -0.05) is 12.2 Å². The van der Waals surface area contributed by atoms with Gasteiger partial charge in [-0.3, -0.25) is 4.79 Å². The number of rotatable bonds is 7. The van der Waals surface area contributed by atoms with E-state index in [1.165, 1.54) is 0 Å². The van der Waals surface area contributed by atoms with Crippen LogP contribution in [0.1, 0.15) is 45.4 Å². The van der Waals surface area contributed by atoms with E-state index in [0.717, 1.165) is 18.2 Å². The summed E-state index contributed by atoms with van der Waals surface area (Å²) in [7, 11) is -3.96. The standard InChI is InChI=1S/C18H24F3NO5S/c1-2-27-16(24)17(11-12-23)9-7-14(8-10-17)22-28(25,26)15-5-3-13(4-6-15)18(19,20)21/h3,5-6,12-14,22H,2,4,7-11H2,1H3. The molecule has 2 rings (SSSR count). The number of alkyl halides is 3. The molecule has 0 bridgehead atoms. The monoisotopic (exact) mass is 423 g/mol. The molecule has 1 N–H and O–H groups in total. The molecular weight excluding hydrogens is 399 g/mol. The normalized spacial score (nSPS) is 28.5. The SMILES string of the molecule is CCOC(=O)C1(CC=O)CCC(NS(=O)(=O)C2=CCC(C(F)(F)F)C=C2)CC1. The predicted molar refractivity (Wildman–Crippen MR) is 95.4 cm³/mol. The number of esters is 1. The first-order valence-electron chi connectivity index (χ1n) is 9.12. The maximum Gasteiger partial charge on any atom is 0.395 e. The van der Waals surface area contributed by atoms with E-state index in [1.807, 2.05) is 0 Å². The number of sulfonamides is 1. The summed E-state index contributed by atoms with van der Waals surface area (Å²) in [4.78, 5) is 23.0. The zero-order valence-electron chi connectivity index (χ0n) is 15.5. The summed E-state index contributed by atoms with van der Waals surface area (Å²) in [6, 6.07) is -0.464. The molecule has 0 aromatic rings. The second-order valence-electron chi connectivity index (χ2n) is 7.12. The molecule has 2 aliphatic carbocycles. The summed E-state index contributed by atoms with van der Waals surface area (Å²) in [5, 5.41) is 0. The molecule has 10 heteroatoms. The maximum atomic E-state index is 12.7. The third kappa shape index (κ3) is 5.22.